The van der Waals surface area contributed by atoms with Crippen LogP contribution in [-0.4, -0.2) is 32.2 Å². The molecule has 5 heteroatoms. The number of hydrogen-bond donors (Lipinski definition) is 2. The van der Waals surface area contributed by atoms with Gasteiger partial charge in [-0.25, -0.2) is 4.39 Å². The summed E-state index contributed by atoms with van der Waals surface area (Å²) >= 11 is 0. The lowest BCUT2D eigenvalue weighted by atomic mass is 10.2. The molecule has 0 saturated heterocycles. The van der Waals surface area contributed by atoms with Gasteiger partial charge in [-0.1, -0.05) is 0 Å². The van der Waals surface area contributed by atoms with Crippen molar-refractivity contribution in [3.8, 4) is 0 Å². The van der Waals surface area contributed by atoms with Gasteiger partial charge in [-0.3, -0.25) is 4.79 Å². The molecule has 94 valence electrons. The highest BCUT2D eigenvalue weighted by Gasteiger charge is 2.06. The van der Waals surface area contributed by atoms with Gasteiger partial charge in [0, 0.05) is 25.3 Å². The van der Waals surface area contributed by atoms with Gasteiger partial charge in [0.1, 0.15) is 5.82 Å². The zero-order valence-corrected chi connectivity index (χ0v) is 9.78. The van der Waals surface area contributed by atoms with E-state index in [0.29, 0.717) is 25.1 Å². The first-order valence-electron chi connectivity index (χ1n) is 5.41. The molecule has 1 rings (SSSR count). The maximum absolute atomic E-state index is 12.6. The van der Waals surface area contributed by atoms with Gasteiger partial charge in [-0.15, -0.1) is 0 Å². The molecule has 0 radical (unpaired) electrons. The Hall–Kier alpha value is -1.46. The summed E-state index contributed by atoms with van der Waals surface area (Å²) in [5.74, 6) is -0.585. The van der Waals surface area contributed by atoms with Crippen molar-refractivity contribution in [3.05, 3.63) is 35.6 Å². The minimum absolute atomic E-state index is 0.0893. The van der Waals surface area contributed by atoms with E-state index < -0.39 is 0 Å². The van der Waals surface area contributed by atoms with Crippen LogP contribution in [0.15, 0.2) is 24.3 Å². The Morgan fingerprint density at radius 1 is 1.47 bits per heavy atom. The van der Waals surface area contributed by atoms with E-state index in [9.17, 15) is 9.18 Å². The van der Waals surface area contributed by atoms with Gasteiger partial charge in [0.25, 0.3) is 5.91 Å². The second-order valence-electron chi connectivity index (χ2n) is 3.77. The molecule has 17 heavy (non-hydrogen) atoms. The summed E-state index contributed by atoms with van der Waals surface area (Å²) in [6.45, 7) is 0.938. The SMILES string of the molecule is COCC(N)CCNC(=O)c1ccc(F)cc1. The fourth-order valence-electron chi connectivity index (χ4n) is 1.37. The van der Waals surface area contributed by atoms with Crippen molar-refractivity contribution >= 4 is 5.91 Å². The van der Waals surface area contributed by atoms with Crippen molar-refractivity contribution in [1.29, 1.82) is 0 Å². The van der Waals surface area contributed by atoms with Gasteiger partial charge >= 0.3 is 0 Å². The zero-order valence-electron chi connectivity index (χ0n) is 9.78. The lowest BCUT2D eigenvalue weighted by Gasteiger charge is -2.10. The van der Waals surface area contributed by atoms with Crippen LogP contribution in [-0.2, 0) is 4.74 Å². The quantitative estimate of drug-likeness (QED) is 0.777. The molecule has 0 spiro atoms. The molecule has 0 bridgehead atoms. The molecule has 0 heterocycles. The van der Waals surface area contributed by atoms with Gasteiger partial charge in [0.15, 0.2) is 0 Å². The van der Waals surface area contributed by atoms with Gasteiger partial charge in [0.2, 0.25) is 0 Å². The van der Waals surface area contributed by atoms with Crippen molar-refractivity contribution in [1.82, 2.24) is 5.32 Å². The van der Waals surface area contributed by atoms with Crippen LogP contribution in [0.5, 0.6) is 0 Å². The third-order valence-corrected chi connectivity index (χ3v) is 2.29. The molecule has 0 aliphatic heterocycles. The maximum atomic E-state index is 12.6. The van der Waals surface area contributed by atoms with Crippen LogP contribution >= 0.6 is 0 Å². The van der Waals surface area contributed by atoms with Crippen molar-refractivity contribution in [3.63, 3.8) is 0 Å². The molecule has 1 unspecified atom stereocenters. The highest BCUT2D eigenvalue weighted by atomic mass is 19.1. The molecule has 0 aromatic heterocycles. The monoisotopic (exact) mass is 240 g/mol. The predicted octanol–water partition coefficient (Wildman–Crippen LogP) is 0.919. The Morgan fingerprint density at radius 2 is 2.12 bits per heavy atom. The molecule has 0 fully saturated rings. The van der Waals surface area contributed by atoms with Crippen LogP contribution in [0.4, 0.5) is 4.39 Å². The van der Waals surface area contributed by atoms with Gasteiger partial charge in [-0.05, 0) is 30.7 Å². The average molecular weight is 240 g/mol. The number of nitrogens with one attached hydrogen (secondary N) is 1. The third kappa shape index (κ3) is 4.93. The third-order valence-electron chi connectivity index (χ3n) is 2.29. The van der Waals surface area contributed by atoms with E-state index in [4.69, 9.17) is 10.5 Å². The van der Waals surface area contributed by atoms with Crippen LogP contribution in [0, 0.1) is 5.82 Å². The Morgan fingerprint density at radius 3 is 2.71 bits per heavy atom. The van der Waals surface area contributed by atoms with Crippen molar-refractivity contribution in [2.24, 2.45) is 5.73 Å². The molecule has 0 aliphatic rings. The standard InChI is InChI=1S/C12H17FN2O2/c1-17-8-11(14)6-7-15-12(16)9-2-4-10(13)5-3-9/h2-5,11H,6-8,14H2,1H3,(H,15,16). The average Bonchev–Trinajstić information content (AvgIpc) is 2.30. The summed E-state index contributed by atoms with van der Waals surface area (Å²) in [4.78, 5) is 11.6. The van der Waals surface area contributed by atoms with Gasteiger partial charge < -0.3 is 15.8 Å². The van der Waals surface area contributed by atoms with Crippen LogP contribution in [0.2, 0.25) is 0 Å². The molecule has 0 aliphatic carbocycles. The highest BCUT2D eigenvalue weighted by molar-refractivity contribution is 5.94. The fraction of sp³-hybridized carbons (Fsp3) is 0.417. The largest absolute Gasteiger partial charge is 0.383 e. The number of rotatable bonds is 6. The fourth-order valence-corrected chi connectivity index (χ4v) is 1.37. The lowest BCUT2D eigenvalue weighted by molar-refractivity contribution is 0.0950. The second-order valence-corrected chi connectivity index (χ2v) is 3.77. The van der Waals surface area contributed by atoms with E-state index in [1.165, 1.54) is 24.3 Å². The Balaban J connectivity index is 2.32. The number of ether oxygens (including phenoxy) is 1. The topological polar surface area (TPSA) is 64.3 Å². The van der Waals surface area contributed by atoms with E-state index in [-0.39, 0.29) is 17.8 Å². The lowest BCUT2D eigenvalue weighted by Crippen LogP contribution is -2.32. The van der Waals surface area contributed by atoms with Crippen LogP contribution < -0.4 is 11.1 Å². The minimum Gasteiger partial charge on any atom is -0.383 e. The number of hydrogen-bond acceptors (Lipinski definition) is 3. The highest BCUT2D eigenvalue weighted by Crippen LogP contribution is 2.02. The van der Waals surface area contributed by atoms with E-state index >= 15 is 0 Å². The number of carbonyl (C=O) groups is 1. The molecule has 4 nitrogen and oxygen atoms in total. The summed E-state index contributed by atoms with van der Waals surface area (Å²) in [5.41, 5.74) is 6.14. The Bertz CT molecular complexity index is 354. The van der Waals surface area contributed by atoms with Crippen molar-refractivity contribution in [2.75, 3.05) is 20.3 Å². The van der Waals surface area contributed by atoms with Crippen LogP contribution in [0.25, 0.3) is 0 Å². The molecular weight excluding hydrogens is 223 g/mol. The predicted molar refractivity (Wildman–Crippen MR) is 63.2 cm³/mol. The molecular formula is C12H17FN2O2. The molecule has 1 aromatic carbocycles. The number of carbonyl (C=O) groups excluding carboxylic acids is 1. The molecule has 0 saturated carbocycles. The van der Waals surface area contributed by atoms with Gasteiger partial charge in [-0.2, -0.15) is 0 Å². The number of methoxy groups -OCH3 is 1. The number of amides is 1. The summed E-state index contributed by atoms with van der Waals surface area (Å²) in [6, 6.07) is 5.31. The first kappa shape index (κ1) is 13.6. The van der Waals surface area contributed by atoms with Crippen LogP contribution in [0.1, 0.15) is 16.8 Å². The Labute approximate surface area is 100.0 Å². The van der Waals surface area contributed by atoms with E-state index in [1.807, 2.05) is 0 Å². The second kappa shape index (κ2) is 6.98. The first-order valence-corrected chi connectivity index (χ1v) is 5.41. The van der Waals surface area contributed by atoms with E-state index in [2.05, 4.69) is 5.32 Å². The smallest absolute Gasteiger partial charge is 0.251 e. The summed E-state index contributed by atoms with van der Waals surface area (Å²) in [6.07, 6.45) is 0.640. The van der Waals surface area contributed by atoms with E-state index in [1.54, 1.807) is 7.11 Å². The molecule has 3 N–H and O–H groups in total. The number of nitrogens with two attached hydrogens (primary N) is 1. The minimum atomic E-state index is -0.358. The van der Waals surface area contributed by atoms with Gasteiger partial charge in [0.05, 0.1) is 6.61 Å². The normalized spacial score (nSPS) is 12.2. The van der Waals surface area contributed by atoms with Crippen LogP contribution in [0.3, 0.4) is 0 Å². The number of halogens is 1. The summed E-state index contributed by atoms with van der Waals surface area (Å²) < 4.78 is 17.5. The summed E-state index contributed by atoms with van der Waals surface area (Å²) in [7, 11) is 1.58. The maximum Gasteiger partial charge on any atom is 0.251 e. The molecule has 1 aromatic rings. The zero-order chi connectivity index (χ0) is 12.7. The Kier molecular flexibility index (Phi) is 5.59. The number of benzene rings is 1. The van der Waals surface area contributed by atoms with E-state index in [0.717, 1.165) is 0 Å². The summed E-state index contributed by atoms with van der Waals surface area (Å²) in [5, 5.41) is 2.71. The van der Waals surface area contributed by atoms with Crippen molar-refractivity contribution in [2.45, 2.75) is 12.5 Å². The first-order chi connectivity index (χ1) is 8.13. The van der Waals surface area contributed by atoms with Crippen molar-refractivity contribution < 1.29 is 13.9 Å². The molecule has 1 amide bonds. The molecule has 1 atom stereocenters.